The van der Waals surface area contributed by atoms with Crippen LogP contribution in [0, 0.1) is 0 Å². The molecule has 0 radical (unpaired) electrons. The minimum Gasteiger partial charge on any atom is -0.373 e. The third-order valence-electron chi connectivity index (χ3n) is 2.57. The summed E-state index contributed by atoms with van der Waals surface area (Å²) in [6, 6.07) is 1.87. The highest BCUT2D eigenvalue weighted by molar-refractivity contribution is 5.87. The van der Waals surface area contributed by atoms with Gasteiger partial charge < -0.3 is 9.64 Å². The molecule has 1 aromatic rings. The molecule has 0 N–H and O–H groups in total. The van der Waals surface area contributed by atoms with Crippen molar-refractivity contribution < 1.29 is 9.53 Å². The van der Waals surface area contributed by atoms with Crippen molar-refractivity contribution in [3.63, 3.8) is 0 Å². The molecule has 1 amide bonds. The molecule has 1 aliphatic rings. The monoisotopic (exact) mass is 221 g/mol. The predicted molar refractivity (Wildman–Crippen MR) is 58.7 cm³/mol. The van der Waals surface area contributed by atoms with Crippen molar-refractivity contribution >= 4 is 5.91 Å². The fraction of sp³-hybridized carbons (Fsp3) is 0.455. The normalized spacial score (nSPS) is 20.8. The molecular formula is C11H15N3O2. The van der Waals surface area contributed by atoms with E-state index in [-0.39, 0.29) is 12.0 Å². The van der Waals surface area contributed by atoms with Crippen LogP contribution in [0.15, 0.2) is 31.1 Å². The lowest BCUT2D eigenvalue weighted by molar-refractivity contribution is -0.134. The van der Waals surface area contributed by atoms with Crippen molar-refractivity contribution in [2.75, 3.05) is 19.7 Å². The molecule has 1 fully saturated rings. The highest BCUT2D eigenvalue weighted by Gasteiger charge is 2.22. The molecule has 1 aromatic heterocycles. The van der Waals surface area contributed by atoms with Gasteiger partial charge in [0.1, 0.15) is 0 Å². The summed E-state index contributed by atoms with van der Waals surface area (Å²) in [5, 5.41) is 4.11. The van der Waals surface area contributed by atoms with Crippen molar-refractivity contribution in [2.45, 2.75) is 12.6 Å². The Morgan fingerprint density at radius 3 is 3.25 bits per heavy atom. The van der Waals surface area contributed by atoms with Crippen LogP contribution >= 0.6 is 0 Å². The van der Waals surface area contributed by atoms with Gasteiger partial charge in [-0.3, -0.25) is 9.48 Å². The lowest BCUT2D eigenvalue weighted by atomic mass is 10.2. The highest BCUT2D eigenvalue weighted by Crippen LogP contribution is 2.07. The van der Waals surface area contributed by atoms with E-state index in [0.717, 1.165) is 0 Å². The van der Waals surface area contributed by atoms with Gasteiger partial charge in [-0.25, -0.2) is 0 Å². The maximum absolute atomic E-state index is 11.4. The molecule has 1 saturated heterocycles. The van der Waals surface area contributed by atoms with Gasteiger partial charge in [-0.2, -0.15) is 5.10 Å². The van der Waals surface area contributed by atoms with E-state index < -0.39 is 0 Å². The van der Waals surface area contributed by atoms with Gasteiger partial charge in [0.25, 0.3) is 0 Å². The van der Waals surface area contributed by atoms with Crippen molar-refractivity contribution in [3.8, 4) is 0 Å². The van der Waals surface area contributed by atoms with Gasteiger partial charge in [0.2, 0.25) is 5.91 Å². The zero-order valence-corrected chi connectivity index (χ0v) is 9.08. The Kier molecular flexibility index (Phi) is 3.36. The zero-order valence-electron chi connectivity index (χ0n) is 9.08. The van der Waals surface area contributed by atoms with Crippen LogP contribution in [0.5, 0.6) is 0 Å². The van der Waals surface area contributed by atoms with Gasteiger partial charge in [-0.1, -0.05) is 6.58 Å². The van der Waals surface area contributed by atoms with Gasteiger partial charge in [0.15, 0.2) is 0 Å². The summed E-state index contributed by atoms with van der Waals surface area (Å²) in [7, 11) is 0. The smallest absolute Gasteiger partial charge is 0.246 e. The first-order valence-corrected chi connectivity index (χ1v) is 5.30. The third kappa shape index (κ3) is 2.49. The minimum absolute atomic E-state index is 0.0116. The molecule has 2 rings (SSSR count). The van der Waals surface area contributed by atoms with Crippen LogP contribution in [0.3, 0.4) is 0 Å². The standard InChI is InChI=1S/C11H15N3O2/c1-2-11(15)13-6-7-16-10(8-13)9-14-5-3-4-12-14/h2-5,10H,1,6-9H2. The van der Waals surface area contributed by atoms with Gasteiger partial charge in [-0.05, 0) is 12.1 Å². The average molecular weight is 221 g/mol. The molecule has 0 spiro atoms. The Morgan fingerprint density at radius 1 is 1.69 bits per heavy atom. The highest BCUT2D eigenvalue weighted by atomic mass is 16.5. The van der Waals surface area contributed by atoms with Crippen molar-refractivity contribution in [2.24, 2.45) is 0 Å². The molecule has 1 unspecified atom stereocenters. The molecule has 0 bridgehead atoms. The van der Waals surface area contributed by atoms with Crippen LogP contribution in [0.4, 0.5) is 0 Å². The summed E-state index contributed by atoms with van der Waals surface area (Å²) in [6.07, 6.45) is 4.97. The minimum atomic E-state index is -0.0336. The fourth-order valence-corrected chi connectivity index (χ4v) is 1.78. The van der Waals surface area contributed by atoms with Crippen molar-refractivity contribution in [1.82, 2.24) is 14.7 Å². The van der Waals surface area contributed by atoms with E-state index >= 15 is 0 Å². The van der Waals surface area contributed by atoms with Gasteiger partial charge in [-0.15, -0.1) is 0 Å². The Hall–Kier alpha value is -1.62. The van der Waals surface area contributed by atoms with E-state index in [0.29, 0.717) is 26.2 Å². The first kappa shape index (κ1) is 10.9. The van der Waals surface area contributed by atoms with Crippen LogP contribution in [-0.4, -0.2) is 46.4 Å². The van der Waals surface area contributed by atoms with Gasteiger partial charge in [0, 0.05) is 25.5 Å². The average Bonchev–Trinajstić information content (AvgIpc) is 2.81. The van der Waals surface area contributed by atoms with Crippen LogP contribution in [0.2, 0.25) is 0 Å². The Labute approximate surface area is 94.3 Å². The largest absolute Gasteiger partial charge is 0.373 e. The van der Waals surface area contributed by atoms with E-state index in [9.17, 15) is 4.79 Å². The Balaban J connectivity index is 1.91. The number of ether oxygens (including phenoxy) is 1. The summed E-state index contributed by atoms with van der Waals surface area (Å²) >= 11 is 0. The molecular weight excluding hydrogens is 206 g/mol. The number of morpholine rings is 1. The van der Waals surface area contributed by atoms with Crippen molar-refractivity contribution in [1.29, 1.82) is 0 Å². The lowest BCUT2D eigenvalue weighted by Gasteiger charge is -2.32. The van der Waals surface area contributed by atoms with Crippen molar-refractivity contribution in [3.05, 3.63) is 31.1 Å². The molecule has 16 heavy (non-hydrogen) atoms. The molecule has 0 saturated carbocycles. The number of aromatic nitrogens is 2. The second kappa shape index (κ2) is 4.94. The number of hydrogen-bond donors (Lipinski definition) is 0. The van der Waals surface area contributed by atoms with E-state index in [4.69, 9.17) is 4.74 Å². The quantitative estimate of drug-likeness (QED) is 0.689. The number of hydrogen-bond acceptors (Lipinski definition) is 3. The van der Waals surface area contributed by atoms with E-state index in [1.165, 1.54) is 6.08 Å². The van der Waals surface area contributed by atoms with E-state index in [2.05, 4.69) is 11.7 Å². The summed E-state index contributed by atoms with van der Waals surface area (Å²) in [6.45, 7) is 5.98. The number of carbonyl (C=O) groups is 1. The van der Waals surface area contributed by atoms with Crippen LogP contribution < -0.4 is 0 Å². The fourth-order valence-electron chi connectivity index (χ4n) is 1.78. The topological polar surface area (TPSA) is 47.4 Å². The van der Waals surface area contributed by atoms with Gasteiger partial charge >= 0.3 is 0 Å². The van der Waals surface area contributed by atoms with E-state index in [1.54, 1.807) is 11.1 Å². The number of nitrogens with zero attached hydrogens (tertiary/aromatic N) is 3. The molecule has 2 heterocycles. The molecule has 1 atom stereocenters. The lowest BCUT2D eigenvalue weighted by Crippen LogP contribution is -2.46. The van der Waals surface area contributed by atoms with E-state index in [1.807, 2.05) is 16.9 Å². The first-order chi connectivity index (χ1) is 7.79. The summed E-state index contributed by atoms with van der Waals surface area (Å²) in [4.78, 5) is 13.2. The van der Waals surface area contributed by atoms with Crippen LogP contribution in [-0.2, 0) is 16.1 Å². The zero-order chi connectivity index (χ0) is 11.4. The molecule has 5 heteroatoms. The second-order valence-electron chi connectivity index (χ2n) is 3.71. The molecule has 0 aromatic carbocycles. The SMILES string of the molecule is C=CC(=O)N1CCOC(Cn2cccn2)C1. The number of carbonyl (C=O) groups excluding carboxylic acids is 1. The Bertz CT molecular complexity index is 361. The van der Waals surface area contributed by atoms with Crippen LogP contribution in [0.1, 0.15) is 0 Å². The summed E-state index contributed by atoms with van der Waals surface area (Å²) < 4.78 is 7.40. The maximum Gasteiger partial charge on any atom is 0.246 e. The molecule has 5 nitrogen and oxygen atoms in total. The predicted octanol–water partition coefficient (Wildman–Crippen LogP) is 0.296. The number of amides is 1. The molecule has 1 aliphatic heterocycles. The summed E-state index contributed by atoms with van der Waals surface area (Å²) in [5.41, 5.74) is 0. The number of rotatable bonds is 3. The van der Waals surface area contributed by atoms with Gasteiger partial charge in [0.05, 0.1) is 19.3 Å². The molecule has 86 valence electrons. The third-order valence-corrected chi connectivity index (χ3v) is 2.57. The maximum atomic E-state index is 11.4. The second-order valence-corrected chi connectivity index (χ2v) is 3.71. The van der Waals surface area contributed by atoms with Crippen LogP contribution in [0.25, 0.3) is 0 Å². The summed E-state index contributed by atoms with van der Waals surface area (Å²) in [5.74, 6) is -0.0336. The Morgan fingerprint density at radius 2 is 2.56 bits per heavy atom. The molecule has 0 aliphatic carbocycles. The first-order valence-electron chi connectivity index (χ1n) is 5.30.